The summed E-state index contributed by atoms with van der Waals surface area (Å²) in [5, 5.41) is 22.9. The molecule has 0 heterocycles. The Bertz CT molecular complexity index is 828. The lowest BCUT2D eigenvalue weighted by Crippen LogP contribution is -2.45. The maximum atomic E-state index is 12.4. The van der Waals surface area contributed by atoms with Crippen molar-refractivity contribution < 1.29 is 24.5 Å². The van der Waals surface area contributed by atoms with Crippen LogP contribution in [0.1, 0.15) is 239 Å². The third kappa shape index (κ3) is 39.8. The van der Waals surface area contributed by atoms with Crippen molar-refractivity contribution in [3.63, 3.8) is 0 Å². The number of carbonyl (C=O) groups excluding carboxylic acids is 2. The van der Waals surface area contributed by atoms with Gasteiger partial charge in [0.15, 0.2) is 0 Å². The molecule has 0 aromatic rings. The molecule has 6 heteroatoms. The van der Waals surface area contributed by atoms with E-state index in [0.29, 0.717) is 19.4 Å². The second-order valence-electron chi connectivity index (χ2n) is 15.7. The van der Waals surface area contributed by atoms with Crippen molar-refractivity contribution in [2.45, 2.75) is 251 Å². The summed E-state index contributed by atoms with van der Waals surface area (Å²) in [4.78, 5) is 24.3. The molecule has 0 spiro atoms. The fraction of sp³-hybridized carbons (Fsp3) is 0.872. The minimum Gasteiger partial charge on any atom is -0.466 e. The van der Waals surface area contributed by atoms with Gasteiger partial charge in [-0.2, -0.15) is 0 Å². The number of allylic oxidation sites excluding steroid dienone is 3. The van der Waals surface area contributed by atoms with Crippen LogP contribution in [0.3, 0.4) is 0 Å². The molecule has 312 valence electrons. The molecular weight excluding hydrogens is 659 g/mol. The Morgan fingerprint density at radius 2 is 0.906 bits per heavy atom. The first-order valence-corrected chi connectivity index (χ1v) is 23.1. The summed E-state index contributed by atoms with van der Waals surface area (Å²) >= 11 is 0. The highest BCUT2D eigenvalue weighted by atomic mass is 16.5. The van der Waals surface area contributed by atoms with Gasteiger partial charge < -0.3 is 20.3 Å². The van der Waals surface area contributed by atoms with E-state index in [1.165, 1.54) is 154 Å². The number of unbranched alkanes of at least 4 members (excludes halogenated alkanes) is 29. The van der Waals surface area contributed by atoms with Gasteiger partial charge in [0.2, 0.25) is 5.91 Å². The molecule has 6 nitrogen and oxygen atoms in total. The van der Waals surface area contributed by atoms with Crippen LogP contribution in [0.5, 0.6) is 0 Å². The standard InChI is InChI=1S/C47H89NO5/c1-3-5-7-9-11-13-19-23-27-31-35-39-45(50)44(43-49)48-46(51)40-36-32-28-24-21-17-15-16-18-22-26-30-34-38-42-53-47(52)41-37-33-29-25-20-14-12-10-8-6-4-2/h10,12,35,39,44-45,49-50H,3-9,11,13-34,36-38,40-43H2,1-2H3,(H,48,51)/b12-10-,39-35+. The summed E-state index contributed by atoms with van der Waals surface area (Å²) in [7, 11) is 0. The van der Waals surface area contributed by atoms with Gasteiger partial charge in [-0.25, -0.2) is 0 Å². The van der Waals surface area contributed by atoms with Gasteiger partial charge >= 0.3 is 5.97 Å². The van der Waals surface area contributed by atoms with Gasteiger partial charge in [-0.15, -0.1) is 0 Å². The van der Waals surface area contributed by atoms with Crippen LogP contribution in [-0.2, 0) is 14.3 Å². The summed E-state index contributed by atoms with van der Waals surface area (Å²) in [5.74, 6) is -0.0965. The highest BCUT2D eigenvalue weighted by Gasteiger charge is 2.18. The van der Waals surface area contributed by atoms with E-state index >= 15 is 0 Å². The summed E-state index contributed by atoms with van der Waals surface area (Å²) < 4.78 is 5.43. The Balaban J connectivity index is 3.48. The van der Waals surface area contributed by atoms with Crippen LogP contribution in [0.25, 0.3) is 0 Å². The summed E-state index contributed by atoms with van der Waals surface area (Å²) in [6.45, 7) is 4.81. The lowest BCUT2D eigenvalue weighted by Gasteiger charge is -2.20. The summed E-state index contributed by atoms with van der Waals surface area (Å²) in [6, 6.07) is -0.633. The molecular formula is C47H89NO5. The van der Waals surface area contributed by atoms with E-state index in [2.05, 4.69) is 31.3 Å². The molecule has 2 atom stereocenters. The Morgan fingerprint density at radius 3 is 1.40 bits per heavy atom. The predicted octanol–water partition coefficient (Wildman–Crippen LogP) is 13.2. The number of hydrogen-bond acceptors (Lipinski definition) is 5. The van der Waals surface area contributed by atoms with E-state index < -0.39 is 12.1 Å². The smallest absolute Gasteiger partial charge is 0.305 e. The van der Waals surface area contributed by atoms with Gasteiger partial charge in [0.05, 0.1) is 25.4 Å². The van der Waals surface area contributed by atoms with E-state index in [0.717, 1.165) is 57.8 Å². The van der Waals surface area contributed by atoms with Crippen molar-refractivity contribution in [2.24, 2.45) is 0 Å². The maximum Gasteiger partial charge on any atom is 0.305 e. The Labute approximate surface area is 329 Å². The SMILES string of the molecule is CCCC/C=C\CCCCCCCC(=O)OCCCCCCCCCCCCCCCCC(=O)NC(CO)C(O)/C=C/CCCCCCCCCCC. The molecule has 3 N–H and O–H groups in total. The Morgan fingerprint density at radius 1 is 0.509 bits per heavy atom. The zero-order valence-electron chi connectivity index (χ0n) is 35.2. The molecule has 0 saturated heterocycles. The molecule has 0 aliphatic rings. The van der Waals surface area contributed by atoms with Crippen LogP contribution in [0.2, 0.25) is 0 Å². The minimum atomic E-state index is -0.849. The monoisotopic (exact) mass is 748 g/mol. The molecule has 0 rings (SSSR count). The molecule has 0 radical (unpaired) electrons. The number of amides is 1. The zero-order valence-corrected chi connectivity index (χ0v) is 35.2. The number of aliphatic hydroxyl groups excluding tert-OH is 2. The van der Waals surface area contributed by atoms with Crippen LogP contribution in [0.15, 0.2) is 24.3 Å². The maximum absolute atomic E-state index is 12.4. The molecule has 0 aromatic carbocycles. The van der Waals surface area contributed by atoms with E-state index in [9.17, 15) is 19.8 Å². The van der Waals surface area contributed by atoms with Crippen molar-refractivity contribution in [1.29, 1.82) is 0 Å². The first-order chi connectivity index (χ1) is 26.0. The number of nitrogens with one attached hydrogen (secondary N) is 1. The first kappa shape index (κ1) is 51.3. The van der Waals surface area contributed by atoms with Crippen molar-refractivity contribution in [3.8, 4) is 0 Å². The van der Waals surface area contributed by atoms with E-state index in [1.54, 1.807) is 6.08 Å². The highest BCUT2D eigenvalue weighted by Crippen LogP contribution is 2.15. The van der Waals surface area contributed by atoms with Gasteiger partial charge in [-0.1, -0.05) is 199 Å². The molecule has 2 unspecified atom stereocenters. The number of carbonyl (C=O) groups is 2. The van der Waals surface area contributed by atoms with Gasteiger partial charge in [0.1, 0.15) is 0 Å². The number of aliphatic hydroxyl groups is 2. The van der Waals surface area contributed by atoms with Crippen molar-refractivity contribution in [1.82, 2.24) is 5.32 Å². The van der Waals surface area contributed by atoms with Gasteiger partial charge in [0.25, 0.3) is 0 Å². The predicted molar refractivity (Wildman–Crippen MR) is 227 cm³/mol. The third-order valence-electron chi connectivity index (χ3n) is 10.5. The molecule has 0 bridgehead atoms. The average molecular weight is 748 g/mol. The average Bonchev–Trinajstić information content (AvgIpc) is 3.16. The van der Waals surface area contributed by atoms with E-state index in [4.69, 9.17) is 4.74 Å². The molecule has 0 fully saturated rings. The van der Waals surface area contributed by atoms with Crippen LogP contribution in [-0.4, -0.2) is 47.4 Å². The molecule has 0 aromatic heterocycles. The van der Waals surface area contributed by atoms with Gasteiger partial charge in [-0.3, -0.25) is 9.59 Å². The van der Waals surface area contributed by atoms with E-state index in [-0.39, 0.29) is 18.5 Å². The summed E-state index contributed by atoms with van der Waals surface area (Å²) in [5.41, 5.74) is 0. The molecule has 0 saturated carbocycles. The third-order valence-corrected chi connectivity index (χ3v) is 10.5. The van der Waals surface area contributed by atoms with Crippen LogP contribution in [0, 0.1) is 0 Å². The Hall–Kier alpha value is -1.66. The number of ether oxygens (including phenoxy) is 1. The molecule has 0 aliphatic carbocycles. The number of hydrogen-bond donors (Lipinski definition) is 3. The lowest BCUT2D eigenvalue weighted by molar-refractivity contribution is -0.143. The van der Waals surface area contributed by atoms with Gasteiger partial charge in [0, 0.05) is 12.8 Å². The second-order valence-corrected chi connectivity index (χ2v) is 15.7. The van der Waals surface area contributed by atoms with Crippen LogP contribution >= 0.6 is 0 Å². The van der Waals surface area contributed by atoms with Crippen LogP contribution < -0.4 is 5.32 Å². The zero-order chi connectivity index (χ0) is 38.7. The topological polar surface area (TPSA) is 95.9 Å². The first-order valence-electron chi connectivity index (χ1n) is 23.1. The normalized spacial score (nSPS) is 12.9. The fourth-order valence-electron chi connectivity index (χ4n) is 6.85. The Kier molecular flexibility index (Phi) is 41.7. The van der Waals surface area contributed by atoms with Crippen LogP contribution in [0.4, 0.5) is 0 Å². The quantitative estimate of drug-likeness (QED) is 0.0328. The number of esters is 1. The highest BCUT2D eigenvalue weighted by molar-refractivity contribution is 5.76. The van der Waals surface area contributed by atoms with Crippen molar-refractivity contribution in [3.05, 3.63) is 24.3 Å². The van der Waals surface area contributed by atoms with Gasteiger partial charge in [-0.05, 0) is 51.4 Å². The lowest BCUT2D eigenvalue weighted by atomic mass is 10.0. The molecule has 53 heavy (non-hydrogen) atoms. The van der Waals surface area contributed by atoms with E-state index in [1.807, 2.05) is 6.08 Å². The van der Waals surface area contributed by atoms with Crippen molar-refractivity contribution in [2.75, 3.05) is 13.2 Å². The minimum absolute atomic E-state index is 0.0154. The molecule has 0 aliphatic heterocycles. The molecule has 1 amide bonds. The van der Waals surface area contributed by atoms with Crippen molar-refractivity contribution >= 4 is 11.9 Å². The summed E-state index contributed by atoms with van der Waals surface area (Å²) in [6.07, 6.45) is 48.8. The second kappa shape index (κ2) is 43.1. The fourth-order valence-corrected chi connectivity index (χ4v) is 6.85. The largest absolute Gasteiger partial charge is 0.466 e. The number of rotatable bonds is 42.